The molecule has 5 heteroatoms. The van der Waals surface area contributed by atoms with Crippen molar-refractivity contribution < 1.29 is 0 Å². The first-order valence-electron chi connectivity index (χ1n) is 10.8. The van der Waals surface area contributed by atoms with Gasteiger partial charge >= 0.3 is 0 Å². The van der Waals surface area contributed by atoms with Crippen LogP contribution in [0.3, 0.4) is 0 Å². The van der Waals surface area contributed by atoms with Gasteiger partial charge in [-0.15, -0.1) is 11.3 Å². The summed E-state index contributed by atoms with van der Waals surface area (Å²) in [5, 5.41) is 2.05. The molecule has 4 nitrogen and oxygen atoms in total. The highest BCUT2D eigenvalue weighted by atomic mass is 32.1. The predicted octanol–water partition coefficient (Wildman–Crippen LogP) is 5.60. The molecule has 1 fully saturated rings. The van der Waals surface area contributed by atoms with E-state index < -0.39 is 0 Å². The number of aromatic amines is 1. The number of thiazole rings is 1. The van der Waals surface area contributed by atoms with Crippen molar-refractivity contribution in [3.8, 4) is 11.3 Å². The highest BCUT2D eigenvalue weighted by molar-refractivity contribution is 7.15. The van der Waals surface area contributed by atoms with E-state index in [1.165, 1.54) is 45.3 Å². The zero-order valence-corrected chi connectivity index (χ0v) is 18.2. The number of aromatic nitrogens is 2. The number of aryl methyl sites for hydroxylation is 1. The Morgan fingerprint density at radius 2 is 1.87 bits per heavy atom. The van der Waals surface area contributed by atoms with Gasteiger partial charge in [0.1, 0.15) is 0 Å². The Balaban J connectivity index is 1.22. The Morgan fingerprint density at radius 1 is 1.10 bits per heavy atom. The van der Waals surface area contributed by atoms with E-state index in [9.17, 15) is 0 Å². The van der Waals surface area contributed by atoms with E-state index in [1.54, 1.807) is 11.3 Å². The van der Waals surface area contributed by atoms with Crippen LogP contribution in [0.2, 0.25) is 0 Å². The normalized spacial score (nSPS) is 15.8. The van der Waals surface area contributed by atoms with Crippen molar-refractivity contribution in [2.45, 2.75) is 32.1 Å². The van der Waals surface area contributed by atoms with E-state index in [1.807, 2.05) is 0 Å². The molecule has 3 N–H and O–H groups in total. The second kappa shape index (κ2) is 8.25. The highest BCUT2D eigenvalue weighted by Gasteiger charge is 2.23. The lowest BCUT2D eigenvalue weighted by molar-refractivity contribution is 0.215. The van der Waals surface area contributed by atoms with E-state index in [-0.39, 0.29) is 0 Å². The van der Waals surface area contributed by atoms with E-state index in [0.717, 1.165) is 31.7 Å². The molecular weight excluding hydrogens is 388 g/mol. The van der Waals surface area contributed by atoms with E-state index in [0.29, 0.717) is 11.0 Å². The van der Waals surface area contributed by atoms with Crippen LogP contribution in [0.4, 0.5) is 5.13 Å². The molecule has 0 spiro atoms. The number of hydrogen-bond acceptors (Lipinski definition) is 4. The highest BCUT2D eigenvalue weighted by Crippen LogP contribution is 2.34. The van der Waals surface area contributed by atoms with Crippen LogP contribution < -0.4 is 5.73 Å². The quantitative estimate of drug-likeness (QED) is 0.445. The molecule has 5 rings (SSSR count). The van der Waals surface area contributed by atoms with Gasteiger partial charge in [-0.05, 0) is 56.8 Å². The molecule has 0 unspecified atom stereocenters. The third-order valence-corrected chi connectivity index (χ3v) is 7.29. The molecule has 30 heavy (non-hydrogen) atoms. The zero-order chi connectivity index (χ0) is 20.5. The monoisotopic (exact) mass is 416 g/mol. The van der Waals surface area contributed by atoms with Gasteiger partial charge in [0.15, 0.2) is 5.13 Å². The molecule has 1 aliphatic heterocycles. The molecule has 2 aromatic heterocycles. The number of likely N-dealkylation sites (tertiary alicyclic amines) is 1. The molecule has 0 bridgehead atoms. The summed E-state index contributed by atoms with van der Waals surface area (Å²) in [5.41, 5.74) is 12.3. The Morgan fingerprint density at radius 3 is 2.67 bits per heavy atom. The van der Waals surface area contributed by atoms with Crippen LogP contribution in [0.15, 0.2) is 54.7 Å². The minimum absolute atomic E-state index is 0.652. The number of nitrogens with one attached hydrogen (secondary N) is 1. The first-order chi connectivity index (χ1) is 14.7. The third-order valence-electron chi connectivity index (χ3n) is 6.34. The lowest BCUT2D eigenvalue weighted by atomic mass is 9.89. The summed E-state index contributed by atoms with van der Waals surface area (Å²) in [5.74, 6) is 0.652. The van der Waals surface area contributed by atoms with Gasteiger partial charge in [-0.3, -0.25) is 0 Å². The number of rotatable bonds is 5. The molecule has 154 valence electrons. The van der Waals surface area contributed by atoms with Crippen molar-refractivity contribution in [1.29, 1.82) is 0 Å². The number of hydrogen-bond donors (Lipinski definition) is 2. The van der Waals surface area contributed by atoms with Crippen LogP contribution in [0, 0.1) is 6.92 Å². The zero-order valence-electron chi connectivity index (χ0n) is 17.4. The maximum absolute atomic E-state index is 6.06. The lowest BCUT2D eigenvalue weighted by Crippen LogP contribution is -2.34. The van der Waals surface area contributed by atoms with Gasteiger partial charge in [-0.1, -0.05) is 48.0 Å². The SMILES string of the molecule is Cc1ccc(-c2nc(N)sc2CCN2CCC(c3c[nH]c4ccccc34)CC2)cc1. The maximum atomic E-state index is 6.06. The first kappa shape index (κ1) is 19.3. The van der Waals surface area contributed by atoms with E-state index in [2.05, 4.69) is 76.5 Å². The Labute approximate surface area is 181 Å². The summed E-state index contributed by atoms with van der Waals surface area (Å²) >= 11 is 1.64. The van der Waals surface area contributed by atoms with E-state index >= 15 is 0 Å². The number of benzene rings is 2. The molecule has 3 heterocycles. The fraction of sp³-hybridized carbons (Fsp3) is 0.320. The Bertz CT molecular complexity index is 1130. The third kappa shape index (κ3) is 3.87. The predicted molar refractivity (Wildman–Crippen MR) is 127 cm³/mol. The van der Waals surface area contributed by atoms with Crippen LogP contribution in [0.5, 0.6) is 0 Å². The molecule has 0 saturated carbocycles. The largest absolute Gasteiger partial charge is 0.375 e. The summed E-state index contributed by atoms with van der Waals surface area (Å²) in [6.45, 7) is 5.48. The summed E-state index contributed by atoms with van der Waals surface area (Å²) in [7, 11) is 0. The number of H-pyrrole nitrogens is 1. The molecule has 2 aromatic carbocycles. The number of piperidine rings is 1. The van der Waals surface area contributed by atoms with E-state index in [4.69, 9.17) is 5.73 Å². The van der Waals surface area contributed by atoms with Gasteiger partial charge < -0.3 is 15.6 Å². The Hall–Kier alpha value is -2.63. The second-order valence-electron chi connectivity index (χ2n) is 8.35. The molecule has 1 saturated heterocycles. The van der Waals surface area contributed by atoms with Gasteiger partial charge in [0.25, 0.3) is 0 Å². The molecule has 0 atom stereocenters. The topological polar surface area (TPSA) is 57.9 Å². The number of anilines is 1. The Kier molecular flexibility index (Phi) is 5.32. The fourth-order valence-corrected chi connectivity index (χ4v) is 5.48. The van der Waals surface area contributed by atoms with Crippen molar-refractivity contribution in [3.05, 3.63) is 70.7 Å². The molecule has 1 aliphatic rings. The molecular formula is C25H28N4S. The summed E-state index contributed by atoms with van der Waals surface area (Å²) in [6, 6.07) is 17.2. The fourth-order valence-electron chi connectivity index (χ4n) is 4.64. The second-order valence-corrected chi connectivity index (χ2v) is 9.46. The van der Waals surface area contributed by atoms with Crippen molar-refractivity contribution in [2.24, 2.45) is 0 Å². The van der Waals surface area contributed by atoms with Gasteiger partial charge in [-0.25, -0.2) is 4.98 Å². The van der Waals surface area contributed by atoms with Crippen molar-refractivity contribution in [3.63, 3.8) is 0 Å². The van der Waals surface area contributed by atoms with Crippen LogP contribution in [0.25, 0.3) is 22.2 Å². The number of fused-ring (bicyclic) bond motifs is 1. The van der Waals surface area contributed by atoms with Gasteiger partial charge in [-0.2, -0.15) is 0 Å². The minimum atomic E-state index is 0.652. The van der Waals surface area contributed by atoms with Crippen LogP contribution in [-0.4, -0.2) is 34.5 Å². The standard InChI is InChI=1S/C25H28N4S/c1-17-6-8-19(9-7-17)24-23(30-25(26)28-24)12-15-29-13-10-18(11-14-29)21-16-27-22-5-3-2-4-20(21)22/h2-9,16,18,27H,10-15H2,1H3,(H2,26,28). The van der Waals surface area contributed by atoms with Crippen molar-refractivity contribution in [1.82, 2.24) is 14.9 Å². The van der Waals surface area contributed by atoms with Gasteiger partial charge in [0.05, 0.1) is 5.69 Å². The number of nitrogen functional groups attached to an aromatic ring is 1. The minimum Gasteiger partial charge on any atom is -0.375 e. The number of nitrogens with zero attached hydrogens (tertiary/aromatic N) is 2. The van der Waals surface area contributed by atoms with Crippen molar-refractivity contribution >= 4 is 27.4 Å². The summed E-state index contributed by atoms with van der Waals surface area (Å²) in [6.07, 6.45) is 5.67. The first-order valence-corrected chi connectivity index (χ1v) is 11.6. The molecule has 0 aliphatic carbocycles. The molecule has 0 amide bonds. The summed E-state index contributed by atoms with van der Waals surface area (Å²) in [4.78, 5) is 12.0. The molecule has 4 aromatic rings. The smallest absolute Gasteiger partial charge is 0.180 e. The van der Waals surface area contributed by atoms with Gasteiger partial charge in [0, 0.05) is 34.1 Å². The number of para-hydroxylation sites is 1. The number of nitrogens with two attached hydrogens (primary N) is 1. The maximum Gasteiger partial charge on any atom is 0.180 e. The van der Waals surface area contributed by atoms with Crippen LogP contribution in [0.1, 0.15) is 34.8 Å². The average molecular weight is 417 g/mol. The van der Waals surface area contributed by atoms with Crippen LogP contribution in [-0.2, 0) is 6.42 Å². The lowest BCUT2D eigenvalue weighted by Gasteiger charge is -2.31. The van der Waals surface area contributed by atoms with Gasteiger partial charge in [0.2, 0.25) is 0 Å². The van der Waals surface area contributed by atoms with Crippen LogP contribution >= 0.6 is 11.3 Å². The van der Waals surface area contributed by atoms with Crippen molar-refractivity contribution in [2.75, 3.05) is 25.4 Å². The average Bonchev–Trinajstić information content (AvgIpc) is 3.37. The molecule has 0 radical (unpaired) electrons. The summed E-state index contributed by atoms with van der Waals surface area (Å²) < 4.78 is 0.